The molecule has 0 atom stereocenters. The van der Waals surface area contributed by atoms with Gasteiger partial charge in [0, 0.05) is 0 Å². The Bertz CT molecular complexity index is 281. The molecule has 0 amide bonds. The lowest BCUT2D eigenvalue weighted by atomic mass is 10.2. The van der Waals surface area contributed by atoms with Gasteiger partial charge in [-0.05, 0) is 30.7 Å². The van der Waals surface area contributed by atoms with Gasteiger partial charge in [-0.2, -0.15) is 0 Å². The van der Waals surface area contributed by atoms with Gasteiger partial charge in [-0.1, -0.05) is 12.7 Å². The number of halogens is 1. The summed E-state index contributed by atoms with van der Waals surface area (Å²) in [5, 5.41) is 0. The molecule has 0 bridgehead atoms. The minimum atomic E-state index is -0.300. The van der Waals surface area contributed by atoms with Crippen LogP contribution in [0.4, 0.5) is 4.39 Å². The van der Waals surface area contributed by atoms with E-state index >= 15 is 0 Å². The monoisotopic (exact) mass is 165 g/mol. The molecular weight excluding hydrogens is 155 g/mol. The van der Waals surface area contributed by atoms with Crippen LogP contribution in [0.5, 0.6) is 5.75 Å². The van der Waals surface area contributed by atoms with Crippen LogP contribution in [0.25, 0.3) is 0 Å². The fourth-order valence-corrected chi connectivity index (χ4v) is 0.838. The van der Waals surface area contributed by atoms with E-state index in [1.165, 1.54) is 12.1 Å². The van der Waals surface area contributed by atoms with Crippen LogP contribution in [-0.2, 0) is 0 Å². The summed E-state index contributed by atoms with van der Waals surface area (Å²) in [6.07, 6.45) is 1.63. The normalized spacial score (nSPS) is 9.50. The highest BCUT2D eigenvalue weighted by Crippen LogP contribution is 2.17. The van der Waals surface area contributed by atoms with Crippen molar-refractivity contribution in [2.45, 2.75) is 0 Å². The molecule has 0 spiro atoms. The van der Waals surface area contributed by atoms with Crippen LogP contribution >= 0.6 is 0 Å². The molecule has 0 N–H and O–H groups in total. The van der Waals surface area contributed by atoms with E-state index in [1.54, 1.807) is 12.1 Å². The molecule has 0 saturated carbocycles. The second-order valence-corrected chi connectivity index (χ2v) is 2.35. The fourth-order valence-electron chi connectivity index (χ4n) is 0.838. The number of rotatable bonds is 3. The van der Waals surface area contributed by atoms with Gasteiger partial charge in [0.15, 0.2) is 0 Å². The van der Waals surface area contributed by atoms with Gasteiger partial charge in [-0.25, -0.2) is 4.39 Å². The third-order valence-corrected chi connectivity index (χ3v) is 1.38. The van der Waals surface area contributed by atoms with Gasteiger partial charge in [0.2, 0.25) is 0 Å². The molecule has 0 aliphatic rings. The first-order valence-corrected chi connectivity index (χ1v) is 3.59. The molecule has 0 unspecified atom stereocenters. The molecule has 63 valence electrons. The smallest absolute Gasteiger partial charge is 0.123 e. The Balaban J connectivity index is 2.78. The van der Waals surface area contributed by atoms with Crippen molar-refractivity contribution in [2.24, 2.45) is 0 Å². The fraction of sp³-hybridized carbons (Fsp3) is 0.100. The van der Waals surface area contributed by atoms with E-state index in [2.05, 4.69) is 13.5 Å². The van der Waals surface area contributed by atoms with Crippen LogP contribution in [0.2, 0.25) is 0 Å². The molecule has 0 aliphatic heterocycles. The Hall–Kier alpha value is -1.31. The first kappa shape index (κ1) is 8.78. The number of ether oxygens (including phenoxy) is 1. The summed E-state index contributed by atoms with van der Waals surface area (Å²) in [4.78, 5) is 0. The number of benzene rings is 1. The lowest BCUT2D eigenvalue weighted by Crippen LogP contribution is -1.95. The van der Waals surface area contributed by atoms with E-state index in [9.17, 15) is 4.39 Å². The minimum Gasteiger partial charge on any atom is -0.489 e. The molecule has 1 radical (unpaired) electrons. The van der Waals surface area contributed by atoms with Crippen molar-refractivity contribution >= 4 is 0 Å². The van der Waals surface area contributed by atoms with E-state index < -0.39 is 0 Å². The van der Waals surface area contributed by atoms with Gasteiger partial charge in [0.05, 0.1) is 0 Å². The zero-order valence-electron chi connectivity index (χ0n) is 6.72. The van der Waals surface area contributed by atoms with E-state index in [4.69, 9.17) is 4.74 Å². The SMILES string of the molecule is [CH2]c1cc(F)ccc1OCC=C. The molecule has 1 nitrogen and oxygen atoms in total. The largest absolute Gasteiger partial charge is 0.489 e. The van der Waals surface area contributed by atoms with Gasteiger partial charge in [-0.3, -0.25) is 0 Å². The summed E-state index contributed by atoms with van der Waals surface area (Å²) in [5.41, 5.74) is 0.553. The minimum absolute atomic E-state index is 0.300. The van der Waals surface area contributed by atoms with Crippen LogP contribution in [0.1, 0.15) is 5.56 Å². The Kier molecular flexibility index (Phi) is 2.86. The van der Waals surface area contributed by atoms with Crippen LogP contribution in [0.3, 0.4) is 0 Å². The van der Waals surface area contributed by atoms with Crippen molar-refractivity contribution in [3.05, 3.63) is 49.2 Å². The van der Waals surface area contributed by atoms with Crippen LogP contribution < -0.4 is 4.74 Å². The second kappa shape index (κ2) is 3.90. The molecule has 12 heavy (non-hydrogen) atoms. The Labute approximate surface area is 71.5 Å². The lowest BCUT2D eigenvalue weighted by molar-refractivity contribution is 0.361. The lowest BCUT2D eigenvalue weighted by Gasteiger charge is -2.05. The molecule has 1 aromatic rings. The summed E-state index contributed by atoms with van der Waals surface area (Å²) < 4.78 is 17.7. The summed E-state index contributed by atoms with van der Waals surface area (Å²) in [7, 11) is 0. The number of hydrogen-bond acceptors (Lipinski definition) is 1. The van der Waals surface area contributed by atoms with Crippen molar-refractivity contribution in [3.8, 4) is 5.75 Å². The molecule has 1 aromatic carbocycles. The van der Waals surface area contributed by atoms with E-state index in [0.29, 0.717) is 17.9 Å². The van der Waals surface area contributed by atoms with Crippen molar-refractivity contribution in [1.82, 2.24) is 0 Å². The van der Waals surface area contributed by atoms with Gasteiger partial charge in [0.1, 0.15) is 18.2 Å². The van der Waals surface area contributed by atoms with Crippen molar-refractivity contribution in [3.63, 3.8) is 0 Å². The van der Waals surface area contributed by atoms with Crippen LogP contribution in [-0.4, -0.2) is 6.61 Å². The van der Waals surface area contributed by atoms with Gasteiger partial charge >= 0.3 is 0 Å². The van der Waals surface area contributed by atoms with Crippen LogP contribution in [0.15, 0.2) is 30.9 Å². The molecule has 0 saturated heterocycles. The third kappa shape index (κ3) is 2.09. The van der Waals surface area contributed by atoms with Crippen molar-refractivity contribution in [2.75, 3.05) is 6.61 Å². The Morgan fingerprint density at radius 2 is 2.25 bits per heavy atom. The summed E-state index contributed by atoms with van der Waals surface area (Å²) >= 11 is 0. The average molecular weight is 165 g/mol. The average Bonchev–Trinajstić information content (AvgIpc) is 2.03. The maximum absolute atomic E-state index is 12.6. The zero-order valence-corrected chi connectivity index (χ0v) is 6.72. The van der Waals surface area contributed by atoms with E-state index in [1.807, 2.05) is 0 Å². The van der Waals surface area contributed by atoms with E-state index in [-0.39, 0.29) is 5.82 Å². The second-order valence-electron chi connectivity index (χ2n) is 2.35. The number of hydrogen-bond donors (Lipinski definition) is 0. The topological polar surface area (TPSA) is 9.23 Å². The molecular formula is C10H10FO. The maximum Gasteiger partial charge on any atom is 0.123 e. The highest BCUT2D eigenvalue weighted by molar-refractivity contribution is 5.35. The summed E-state index contributed by atoms with van der Waals surface area (Å²) in [6, 6.07) is 4.23. The van der Waals surface area contributed by atoms with Gasteiger partial charge in [-0.15, -0.1) is 0 Å². The molecule has 0 fully saturated rings. The Morgan fingerprint density at radius 3 is 2.83 bits per heavy atom. The molecule has 2 heteroatoms. The first-order valence-electron chi connectivity index (χ1n) is 3.59. The highest BCUT2D eigenvalue weighted by Gasteiger charge is 1.98. The van der Waals surface area contributed by atoms with E-state index in [0.717, 1.165) is 0 Å². The zero-order chi connectivity index (χ0) is 8.97. The van der Waals surface area contributed by atoms with Gasteiger partial charge in [0.25, 0.3) is 0 Å². The predicted molar refractivity (Wildman–Crippen MR) is 46.6 cm³/mol. The molecule has 0 aliphatic carbocycles. The predicted octanol–water partition coefficient (Wildman–Crippen LogP) is 2.57. The molecule has 0 heterocycles. The Morgan fingerprint density at radius 1 is 1.50 bits per heavy atom. The standard InChI is InChI=1S/C10H10FO/c1-3-6-12-10-5-4-9(11)7-8(10)2/h3-5,7H,1-2,6H2. The quantitative estimate of drug-likeness (QED) is 0.625. The van der Waals surface area contributed by atoms with Crippen molar-refractivity contribution in [1.29, 1.82) is 0 Å². The van der Waals surface area contributed by atoms with Crippen LogP contribution in [0, 0.1) is 12.7 Å². The van der Waals surface area contributed by atoms with Gasteiger partial charge < -0.3 is 4.74 Å². The van der Waals surface area contributed by atoms with Crippen molar-refractivity contribution < 1.29 is 9.13 Å². The third-order valence-electron chi connectivity index (χ3n) is 1.38. The molecule has 1 rings (SSSR count). The maximum atomic E-state index is 12.6. The first-order chi connectivity index (χ1) is 5.74. The summed E-state index contributed by atoms with van der Waals surface area (Å²) in [6.45, 7) is 7.55. The molecule has 0 aromatic heterocycles. The summed E-state index contributed by atoms with van der Waals surface area (Å²) in [5.74, 6) is 0.294. The highest BCUT2D eigenvalue weighted by atomic mass is 19.1.